The van der Waals surface area contributed by atoms with Crippen LogP contribution in [-0.4, -0.2) is 66.1 Å². The molecule has 0 radical (unpaired) electrons. The van der Waals surface area contributed by atoms with Gasteiger partial charge in [0, 0.05) is 23.6 Å². The van der Waals surface area contributed by atoms with Crippen molar-refractivity contribution in [3.05, 3.63) is 78.5 Å². The third kappa shape index (κ3) is 4.56. The zero-order valence-electron chi connectivity index (χ0n) is 20.6. The SMILES string of the molecule is N[C@@H]1[C@H](O)[C@@H](CO)O[C@H]1n1cnc2c(NCCc3c[nH]c4ccc(OCc5ccccc5)cc34)ncnc21. The number of aliphatic hydroxyl groups excluding tert-OH is 2. The second kappa shape index (κ2) is 10.4. The summed E-state index contributed by atoms with van der Waals surface area (Å²) in [5, 5.41) is 24.2. The predicted octanol–water partition coefficient (Wildman–Crippen LogP) is 2.12. The maximum Gasteiger partial charge on any atom is 0.167 e. The molecule has 1 aliphatic rings. The fraction of sp³-hybridized carbons (Fsp3) is 0.296. The summed E-state index contributed by atoms with van der Waals surface area (Å²) >= 11 is 0. The minimum atomic E-state index is -0.984. The van der Waals surface area contributed by atoms with Gasteiger partial charge in [-0.2, -0.15) is 0 Å². The molecule has 11 heteroatoms. The Bertz CT molecular complexity index is 1540. The van der Waals surface area contributed by atoms with E-state index in [1.807, 2.05) is 48.7 Å². The number of aromatic amines is 1. The number of benzene rings is 2. The Morgan fingerprint density at radius 1 is 1.13 bits per heavy atom. The average Bonchev–Trinajstić information content (AvgIpc) is 3.64. The topological polar surface area (TPSA) is 156 Å². The highest BCUT2D eigenvalue weighted by Gasteiger charge is 2.42. The van der Waals surface area contributed by atoms with Crippen molar-refractivity contribution in [3.63, 3.8) is 0 Å². The fourth-order valence-electron chi connectivity index (χ4n) is 4.85. The number of nitrogens with zero attached hydrogens (tertiary/aromatic N) is 4. The van der Waals surface area contributed by atoms with Crippen LogP contribution in [-0.2, 0) is 17.8 Å². The molecule has 2 aromatic carbocycles. The molecule has 5 aromatic rings. The van der Waals surface area contributed by atoms with Gasteiger partial charge in [-0.15, -0.1) is 0 Å². The number of anilines is 1. The van der Waals surface area contributed by atoms with Gasteiger partial charge in [0.2, 0.25) is 0 Å². The Morgan fingerprint density at radius 3 is 2.82 bits per heavy atom. The molecular weight excluding hydrogens is 486 g/mol. The molecule has 0 unspecified atom stereocenters. The van der Waals surface area contributed by atoms with Crippen LogP contribution in [0.15, 0.2) is 67.4 Å². The smallest absolute Gasteiger partial charge is 0.167 e. The number of hydrogen-bond donors (Lipinski definition) is 5. The molecular formula is C27H29N7O4. The number of nitrogens with two attached hydrogens (primary N) is 1. The summed E-state index contributed by atoms with van der Waals surface area (Å²) in [5.41, 5.74) is 10.6. The van der Waals surface area contributed by atoms with Crippen molar-refractivity contribution in [2.24, 2.45) is 5.73 Å². The summed E-state index contributed by atoms with van der Waals surface area (Å²) in [6.07, 6.45) is 3.34. The first-order valence-corrected chi connectivity index (χ1v) is 12.5. The lowest BCUT2D eigenvalue weighted by Crippen LogP contribution is -2.39. The summed E-state index contributed by atoms with van der Waals surface area (Å²) in [5.74, 6) is 1.41. The second-order valence-corrected chi connectivity index (χ2v) is 9.33. The van der Waals surface area contributed by atoms with Crippen LogP contribution in [0.5, 0.6) is 5.75 Å². The first kappa shape index (κ1) is 24.3. The summed E-state index contributed by atoms with van der Waals surface area (Å²) in [6, 6.07) is 15.4. The van der Waals surface area contributed by atoms with Crippen LogP contribution in [0.1, 0.15) is 17.4 Å². The highest BCUT2D eigenvalue weighted by molar-refractivity contribution is 5.85. The number of imidazole rings is 1. The minimum Gasteiger partial charge on any atom is -0.489 e. The van der Waals surface area contributed by atoms with Gasteiger partial charge < -0.3 is 35.7 Å². The van der Waals surface area contributed by atoms with Crippen molar-refractivity contribution in [2.45, 2.75) is 37.5 Å². The maximum atomic E-state index is 10.2. The number of H-pyrrole nitrogens is 1. The standard InChI is InChI=1S/C27H29N7O4/c28-22-24(36)21(12-35)38-27(22)34-15-33-23-25(31-14-32-26(23)34)29-9-8-17-11-30-20-7-6-18(10-19(17)20)37-13-16-4-2-1-3-5-16/h1-7,10-11,14-15,21-22,24,27,30,35-36H,8-9,12-13,28H2,(H,29,31,32)/t21-,22-,24-,27-/m1/s1. The first-order chi connectivity index (χ1) is 18.6. The Kier molecular flexibility index (Phi) is 6.64. The van der Waals surface area contributed by atoms with Crippen LogP contribution in [0.4, 0.5) is 5.82 Å². The van der Waals surface area contributed by atoms with Crippen LogP contribution in [0, 0.1) is 0 Å². The molecule has 1 aliphatic heterocycles. The van der Waals surface area contributed by atoms with Gasteiger partial charge in [0.1, 0.15) is 30.9 Å². The van der Waals surface area contributed by atoms with Crippen LogP contribution in [0.25, 0.3) is 22.1 Å². The molecule has 4 atom stereocenters. The molecule has 0 saturated carbocycles. The van der Waals surface area contributed by atoms with Crippen LogP contribution in [0.3, 0.4) is 0 Å². The van der Waals surface area contributed by atoms with Gasteiger partial charge in [-0.05, 0) is 35.7 Å². The molecule has 38 heavy (non-hydrogen) atoms. The van der Waals surface area contributed by atoms with Gasteiger partial charge in [-0.3, -0.25) is 4.57 Å². The number of nitrogens with one attached hydrogen (secondary N) is 2. The average molecular weight is 516 g/mol. The number of ether oxygens (including phenoxy) is 2. The Labute approximate surface area is 218 Å². The molecule has 11 nitrogen and oxygen atoms in total. The molecule has 6 rings (SSSR count). The van der Waals surface area contributed by atoms with E-state index in [1.165, 1.54) is 6.33 Å². The number of fused-ring (bicyclic) bond motifs is 2. The molecule has 1 fully saturated rings. The zero-order chi connectivity index (χ0) is 26.1. The molecule has 6 N–H and O–H groups in total. The molecule has 1 saturated heterocycles. The first-order valence-electron chi connectivity index (χ1n) is 12.5. The van der Waals surface area contributed by atoms with E-state index in [4.69, 9.17) is 15.2 Å². The Morgan fingerprint density at radius 2 is 2.00 bits per heavy atom. The van der Waals surface area contributed by atoms with Crippen molar-refractivity contribution in [2.75, 3.05) is 18.5 Å². The van der Waals surface area contributed by atoms with Crippen molar-refractivity contribution in [1.29, 1.82) is 0 Å². The lowest BCUT2D eigenvalue weighted by Gasteiger charge is -2.17. The second-order valence-electron chi connectivity index (χ2n) is 9.33. The van der Waals surface area contributed by atoms with Gasteiger partial charge in [-0.1, -0.05) is 30.3 Å². The Balaban J connectivity index is 1.14. The normalized spacial score (nSPS) is 21.3. The summed E-state index contributed by atoms with van der Waals surface area (Å²) in [6.45, 7) is 0.806. The van der Waals surface area contributed by atoms with Crippen LogP contribution in [0.2, 0.25) is 0 Å². The molecule has 0 aliphatic carbocycles. The van der Waals surface area contributed by atoms with Crippen LogP contribution >= 0.6 is 0 Å². The third-order valence-corrected chi connectivity index (χ3v) is 6.91. The summed E-state index contributed by atoms with van der Waals surface area (Å²) in [7, 11) is 0. The summed E-state index contributed by atoms with van der Waals surface area (Å²) in [4.78, 5) is 16.5. The van der Waals surface area contributed by atoms with Crippen molar-refractivity contribution in [3.8, 4) is 5.75 Å². The quantitative estimate of drug-likeness (QED) is 0.198. The maximum absolute atomic E-state index is 10.2. The largest absolute Gasteiger partial charge is 0.489 e. The molecule has 4 heterocycles. The molecule has 0 spiro atoms. The van der Waals surface area contributed by atoms with Gasteiger partial charge in [0.05, 0.1) is 19.0 Å². The van der Waals surface area contributed by atoms with E-state index in [-0.39, 0.29) is 6.61 Å². The molecule has 196 valence electrons. The Hall–Kier alpha value is -4.03. The lowest BCUT2D eigenvalue weighted by molar-refractivity contribution is -0.0437. The van der Waals surface area contributed by atoms with E-state index >= 15 is 0 Å². The van der Waals surface area contributed by atoms with E-state index in [0.717, 1.165) is 34.2 Å². The van der Waals surface area contributed by atoms with Crippen molar-refractivity contribution < 1.29 is 19.7 Å². The number of aliphatic hydroxyl groups is 2. The lowest BCUT2D eigenvalue weighted by atomic mass is 10.1. The molecule has 3 aromatic heterocycles. The number of hydrogen-bond acceptors (Lipinski definition) is 9. The van der Waals surface area contributed by atoms with E-state index in [9.17, 15) is 10.2 Å². The third-order valence-electron chi connectivity index (χ3n) is 6.91. The highest BCUT2D eigenvalue weighted by atomic mass is 16.5. The van der Waals surface area contributed by atoms with E-state index in [2.05, 4.69) is 31.3 Å². The molecule has 0 bridgehead atoms. The van der Waals surface area contributed by atoms with E-state index in [1.54, 1.807) is 10.9 Å². The number of rotatable bonds is 9. The monoisotopic (exact) mass is 515 g/mol. The van der Waals surface area contributed by atoms with E-state index < -0.39 is 24.5 Å². The fourth-order valence-corrected chi connectivity index (χ4v) is 4.85. The molecule has 0 amide bonds. The van der Waals surface area contributed by atoms with Gasteiger partial charge in [0.25, 0.3) is 0 Å². The zero-order valence-corrected chi connectivity index (χ0v) is 20.6. The van der Waals surface area contributed by atoms with E-state index in [0.29, 0.717) is 30.1 Å². The minimum absolute atomic E-state index is 0.325. The van der Waals surface area contributed by atoms with Crippen LogP contribution < -0.4 is 15.8 Å². The van der Waals surface area contributed by atoms with Gasteiger partial charge in [-0.25, -0.2) is 15.0 Å². The van der Waals surface area contributed by atoms with Crippen molar-refractivity contribution >= 4 is 27.9 Å². The van der Waals surface area contributed by atoms with Gasteiger partial charge in [0.15, 0.2) is 23.2 Å². The highest BCUT2D eigenvalue weighted by Crippen LogP contribution is 2.31. The number of aromatic nitrogens is 5. The van der Waals surface area contributed by atoms with Crippen molar-refractivity contribution in [1.82, 2.24) is 24.5 Å². The van der Waals surface area contributed by atoms with Gasteiger partial charge >= 0.3 is 0 Å². The predicted molar refractivity (Wildman–Crippen MR) is 142 cm³/mol. The summed E-state index contributed by atoms with van der Waals surface area (Å²) < 4.78 is 13.4.